The Kier molecular flexibility index (Phi) is 6.36. The quantitative estimate of drug-likeness (QED) is 0.158. The summed E-state index contributed by atoms with van der Waals surface area (Å²) < 4.78 is 77.1. The van der Waals surface area contributed by atoms with Crippen LogP contribution in [0.15, 0.2) is 212 Å². The number of rotatable bonds is 7. The zero-order valence-electron chi connectivity index (χ0n) is 39.0. The van der Waals surface area contributed by atoms with E-state index in [0.717, 1.165) is 55.3 Å². The molecule has 0 saturated carbocycles. The molecule has 0 aliphatic heterocycles. The highest BCUT2D eigenvalue weighted by Crippen LogP contribution is 2.52. The van der Waals surface area contributed by atoms with Crippen molar-refractivity contribution in [1.82, 2.24) is 0 Å². The van der Waals surface area contributed by atoms with Crippen molar-refractivity contribution in [3.63, 3.8) is 0 Å². The van der Waals surface area contributed by atoms with Gasteiger partial charge in [0.25, 0.3) is 0 Å². The molecule has 266 valence electrons. The van der Waals surface area contributed by atoms with Gasteiger partial charge in [0.15, 0.2) is 0 Å². The number of anilines is 3. The van der Waals surface area contributed by atoms with Crippen molar-refractivity contribution in [2.45, 2.75) is 19.3 Å². The molecule has 1 nitrogen and oxygen atoms in total. The number of hydrogen-bond donors (Lipinski definition) is 0. The van der Waals surface area contributed by atoms with E-state index in [9.17, 15) is 11.0 Å². The van der Waals surface area contributed by atoms with E-state index in [-0.39, 0.29) is 58.8 Å². The molecule has 1 heteroatoms. The molecule has 0 atom stereocenters. The molecule has 0 saturated heterocycles. The van der Waals surface area contributed by atoms with E-state index in [1.165, 1.54) is 4.90 Å². The first-order valence-corrected chi connectivity index (χ1v) is 18.9. The Hall–Kier alpha value is -6.96. The van der Waals surface area contributed by atoms with Gasteiger partial charge in [0.1, 0.15) is 0 Å². The lowest BCUT2D eigenvalue weighted by Gasteiger charge is -2.27. The van der Waals surface area contributed by atoms with Gasteiger partial charge in [-0.1, -0.05) is 178 Å². The summed E-state index contributed by atoms with van der Waals surface area (Å²) in [5, 5.41) is 2.10. The van der Waals surface area contributed by atoms with Crippen molar-refractivity contribution >= 4 is 27.8 Å². The van der Waals surface area contributed by atoms with E-state index in [1.54, 1.807) is 12.1 Å². The number of fused-ring (bicyclic) bond motifs is 4. The highest BCUT2D eigenvalue weighted by atomic mass is 15.1. The third-order valence-electron chi connectivity index (χ3n) is 11.0. The average Bonchev–Trinajstić information content (AvgIpc) is 3.56. The van der Waals surface area contributed by atoms with Crippen molar-refractivity contribution in [1.29, 1.82) is 0 Å². The maximum atomic E-state index is 9.77. The van der Waals surface area contributed by atoms with Gasteiger partial charge in [-0.15, -0.1) is 0 Å². The molecular weight excluding hydrogens is 675 g/mol. The standard InChI is InChI=1S/C55H41N/c1-55(2)53-24-9-8-21-51(53)52-23-12-22-50(54(52)55)41-29-33-48(34-30-41)56(49-20-11-19-45(37-49)46-26-25-39-15-6-7-16-42(39)36-46)47-31-27-40(28-32-47)44-18-10-17-43(35-44)38-13-4-3-5-14-38/h3-37H,1-2H3/i27D,28D,29D,30D,31D,32D,33D,34D. The van der Waals surface area contributed by atoms with Crippen LogP contribution in [0.25, 0.3) is 66.4 Å². The summed E-state index contributed by atoms with van der Waals surface area (Å²) in [4.78, 5) is 1.38. The predicted octanol–water partition coefficient (Wildman–Crippen LogP) is 15.3. The van der Waals surface area contributed by atoms with Gasteiger partial charge in [-0.05, 0) is 126 Å². The summed E-state index contributed by atoms with van der Waals surface area (Å²) >= 11 is 0. The molecule has 0 spiro atoms. The molecule has 1 aliphatic carbocycles. The number of nitrogens with zero attached hydrogens (tertiary/aromatic N) is 1. The van der Waals surface area contributed by atoms with Gasteiger partial charge in [-0.25, -0.2) is 0 Å². The summed E-state index contributed by atoms with van der Waals surface area (Å²) in [5.74, 6) is 0. The molecule has 9 aromatic carbocycles. The largest absolute Gasteiger partial charge is 0.310 e. The third kappa shape index (κ3) is 5.90. The molecule has 56 heavy (non-hydrogen) atoms. The van der Waals surface area contributed by atoms with Crippen LogP contribution in [0.4, 0.5) is 17.1 Å². The second-order valence-corrected chi connectivity index (χ2v) is 14.7. The summed E-state index contributed by atoms with van der Waals surface area (Å²) in [6, 6.07) is 49.8. The maximum Gasteiger partial charge on any atom is 0.0645 e. The molecule has 0 unspecified atom stereocenters. The van der Waals surface area contributed by atoms with E-state index in [0.29, 0.717) is 16.8 Å². The molecule has 9 aromatic rings. The summed E-state index contributed by atoms with van der Waals surface area (Å²) in [5.41, 5.74) is 8.32. The van der Waals surface area contributed by atoms with Gasteiger partial charge in [0.05, 0.1) is 11.0 Å². The smallest absolute Gasteiger partial charge is 0.0645 e. The third-order valence-corrected chi connectivity index (χ3v) is 11.0. The number of hydrogen-bond acceptors (Lipinski definition) is 1. The monoisotopic (exact) mass is 723 g/mol. The maximum absolute atomic E-state index is 9.77. The van der Waals surface area contributed by atoms with Gasteiger partial charge in [-0.2, -0.15) is 0 Å². The number of benzene rings is 9. The van der Waals surface area contributed by atoms with Crippen molar-refractivity contribution in [2.24, 2.45) is 0 Å². The first-order chi connectivity index (χ1) is 30.9. The lowest BCUT2D eigenvalue weighted by atomic mass is 9.79. The molecule has 1 aliphatic rings. The first-order valence-electron chi connectivity index (χ1n) is 22.9. The fourth-order valence-electron chi connectivity index (χ4n) is 8.22. The average molecular weight is 724 g/mol. The highest BCUT2D eigenvalue weighted by molar-refractivity contribution is 5.91. The van der Waals surface area contributed by atoms with Gasteiger partial charge in [0, 0.05) is 22.5 Å². The van der Waals surface area contributed by atoms with E-state index >= 15 is 0 Å². The van der Waals surface area contributed by atoms with Gasteiger partial charge in [-0.3, -0.25) is 0 Å². The van der Waals surface area contributed by atoms with Crippen LogP contribution in [0, 0.1) is 0 Å². The van der Waals surface area contributed by atoms with Crippen LogP contribution >= 0.6 is 0 Å². The van der Waals surface area contributed by atoms with Crippen molar-refractivity contribution in [2.75, 3.05) is 4.90 Å². The fourth-order valence-corrected chi connectivity index (χ4v) is 8.22. The molecule has 0 bridgehead atoms. The summed E-state index contributed by atoms with van der Waals surface area (Å²) in [7, 11) is 0. The fraction of sp³-hybridized carbons (Fsp3) is 0.0545. The van der Waals surface area contributed by atoms with E-state index in [2.05, 4.69) is 32.0 Å². The van der Waals surface area contributed by atoms with Crippen LogP contribution in [0.3, 0.4) is 0 Å². The van der Waals surface area contributed by atoms with Crippen LogP contribution in [-0.4, -0.2) is 0 Å². The normalized spacial score (nSPS) is 14.6. The highest BCUT2D eigenvalue weighted by Gasteiger charge is 2.37. The SMILES string of the molecule is [2H]c1c([2H])c(N(c2cccc(-c3ccc4ccccc4c3)c2)c2c([2H])c([2H])c(-c3cccc4c3C(C)(C)c3ccccc3-4)c([2H])c2[2H])c([2H])c([2H])c1-c1cccc(-c2ccccc2)c1. The lowest BCUT2D eigenvalue weighted by molar-refractivity contribution is 0.662. The van der Waals surface area contributed by atoms with Crippen LogP contribution in [0.1, 0.15) is 35.9 Å². The first kappa shape index (κ1) is 26.0. The Morgan fingerprint density at radius 1 is 0.357 bits per heavy atom. The Balaban J connectivity index is 1.21. The van der Waals surface area contributed by atoms with Gasteiger partial charge < -0.3 is 4.90 Å². The van der Waals surface area contributed by atoms with Crippen LogP contribution in [0.2, 0.25) is 0 Å². The van der Waals surface area contributed by atoms with Gasteiger partial charge >= 0.3 is 0 Å². The Bertz CT molecular complexity index is 3300. The second kappa shape index (κ2) is 13.7. The lowest BCUT2D eigenvalue weighted by Crippen LogP contribution is -2.16. The second-order valence-electron chi connectivity index (χ2n) is 14.7. The molecule has 0 radical (unpaired) electrons. The minimum absolute atomic E-state index is 0.109. The van der Waals surface area contributed by atoms with E-state index < -0.39 is 17.5 Å². The summed E-state index contributed by atoms with van der Waals surface area (Å²) in [6.07, 6.45) is 0. The van der Waals surface area contributed by atoms with Crippen LogP contribution in [0.5, 0.6) is 0 Å². The Morgan fingerprint density at radius 3 is 1.66 bits per heavy atom. The van der Waals surface area contributed by atoms with Crippen molar-refractivity contribution in [3.05, 3.63) is 223 Å². The van der Waals surface area contributed by atoms with Gasteiger partial charge in [0.2, 0.25) is 0 Å². The minimum atomic E-state index is -0.503. The zero-order valence-corrected chi connectivity index (χ0v) is 31.0. The Labute approximate surface area is 341 Å². The van der Waals surface area contributed by atoms with Crippen LogP contribution < -0.4 is 4.90 Å². The van der Waals surface area contributed by atoms with Crippen molar-refractivity contribution in [3.8, 4) is 55.6 Å². The predicted molar refractivity (Wildman–Crippen MR) is 238 cm³/mol. The van der Waals surface area contributed by atoms with E-state index in [1.807, 2.05) is 133 Å². The zero-order chi connectivity index (χ0) is 44.6. The molecule has 0 amide bonds. The minimum Gasteiger partial charge on any atom is -0.310 e. The van der Waals surface area contributed by atoms with Crippen LogP contribution in [-0.2, 0) is 5.41 Å². The molecule has 0 N–H and O–H groups in total. The van der Waals surface area contributed by atoms with E-state index in [4.69, 9.17) is 0 Å². The summed E-state index contributed by atoms with van der Waals surface area (Å²) in [6.45, 7) is 4.22. The topological polar surface area (TPSA) is 3.24 Å². The van der Waals surface area contributed by atoms with Crippen molar-refractivity contribution < 1.29 is 11.0 Å². The molecule has 0 heterocycles. The molecular formula is C55H41N. The molecule has 0 aromatic heterocycles. The molecule has 10 rings (SSSR count). The molecule has 0 fully saturated rings. The Morgan fingerprint density at radius 2 is 0.893 bits per heavy atom.